The first-order valence-corrected chi connectivity index (χ1v) is 13.9. The molecule has 3 aromatic carbocycles. The Morgan fingerprint density at radius 3 is 1.81 bits per heavy atom. The number of hydrogen-bond acceptors (Lipinski definition) is 9. The van der Waals surface area contributed by atoms with Gasteiger partial charge in [-0.3, -0.25) is 9.59 Å². The second-order valence-corrected chi connectivity index (χ2v) is 10.2. The number of methoxy groups -OCH3 is 4. The van der Waals surface area contributed by atoms with E-state index in [1.54, 1.807) is 30.3 Å². The molecule has 0 aromatic heterocycles. The van der Waals surface area contributed by atoms with Gasteiger partial charge < -0.3 is 34.3 Å². The molecule has 0 saturated heterocycles. The highest BCUT2D eigenvalue weighted by Crippen LogP contribution is 2.41. The van der Waals surface area contributed by atoms with Crippen LogP contribution in [0.2, 0.25) is 0 Å². The van der Waals surface area contributed by atoms with E-state index < -0.39 is 11.7 Å². The number of benzene rings is 3. The second-order valence-electron chi connectivity index (χ2n) is 10.2. The molecule has 0 unspecified atom stereocenters. The minimum absolute atomic E-state index is 0.0198. The average Bonchev–Trinajstić information content (AvgIpc) is 3.01. The summed E-state index contributed by atoms with van der Waals surface area (Å²) in [6, 6.07) is 13.6. The molecule has 1 atom stereocenters. The fourth-order valence-corrected chi connectivity index (χ4v) is 5.30. The van der Waals surface area contributed by atoms with Gasteiger partial charge in [-0.05, 0) is 85.2 Å². The number of ketones is 2. The Morgan fingerprint density at radius 2 is 1.23 bits per heavy atom. The Kier molecular flexibility index (Phi) is 9.98. The topological polar surface area (TPSA) is 132 Å². The molecule has 9 heteroatoms. The zero-order valence-electron chi connectivity index (χ0n) is 24.7. The van der Waals surface area contributed by atoms with Gasteiger partial charge in [0.05, 0.1) is 28.4 Å². The molecule has 1 aliphatic rings. The summed E-state index contributed by atoms with van der Waals surface area (Å²) in [7, 11) is 5.80. The SMILES string of the molecule is COC1=CC(=O)C([C@@H](CCc2ccc(O)c(OC)c2)c2cc(CCCc3ccc(O)c(OC)c3)c(O)cc2OC)=CC1=O. The lowest BCUT2D eigenvalue weighted by atomic mass is 9.80. The maximum atomic E-state index is 13.3. The Morgan fingerprint density at radius 1 is 0.628 bits per heavy atom. The molecule has 4 rings (SSSR count). The minimum Gasteiger partial charge on any atom is -0.508 e. The van der Waals surface area contributed by atoms with Crippen LogP contribution >= 0.6 is 0 Å². The van der Waals surface area contributed by atoms with E-state index in [1.807, 2.05) is 12.1 Å². The van der Waals surface area contributed by atoms with Crippen LogP contribution in [0.3, 0.4) is 0 Å². The Balaban J connectivity index is 1.67. The lowest BCUT2D eigenvalue weighted by Crippen LogP contribution is -2.20. The predicted octanol–water partition coefficient (Wildman–Crippen LogP) is 5.33. The molecule has 3 N–H and O–H groups in total. The van der Waals surface area contributed by atoms with Gasteiger partial charge in [0.15, 0.2) is 34.5 Å². The van der Waals surface area contributed by atoms with Gasteiger partial charge in [0.2, 0.25) is 5.78 Å². The molecule has 1 aliphatic carbocycles. The number of ether oxygens (including phenoxy) is 4. The molecule has 0 amide bonds. The van der Waals surface area contributed by atoms with Crippen LogP contribution in [0.4, 0.5) is 0 Å². The van der Waals surface area contributed by atoms with E-state index in [1.165, 1.54) is 46.7 Å². The Bertz CT molecular complexity index is 1570. The highest BCUT2D eigenvalue weighted by Gasteiger charge is 2.30. The van der Waals surface area contributed by atoms with E-state index in [0.717, 1.165) is 11.1 Å². The van der Waals surface area contributed by atoms with E-state index in [0.29, 0.717) is 66.1 Å². The van der Waals surface area contributed by atoms with Crippen LogP contribution in [0.1, 0.15) is 41.0 Å². The van der Waals surface area contributed by atoms with Gasteiger partial charge in [-0.25, -0.2) is 0 Å². The van der Waals surface area contributed by atoms with E-state index in [2.05, 4.69) is 0 Å². The molecule has 43 heavy (non-hydrogen) atoms. The number of rotatable bonds is 13. The number of hydrogen-bond donors (Lipinski definition) is 3. The van der Waals surface area contributed by atoms with Crippen molar-refractivity contribution in [3.63, 3.8) is 0 Å². The van der Waals surface area contributed by atoms with Gasteiger partial charge in [0, 0.05) is 29.2 Å². The number of aromatic hydroxyl groups is 3. The third-order valence-corrected chi connectivity index (χ3v) is 7.60. The summed E-state index contributed by atoms with van der Waals surface area (Å²) in [6.45, 7) is 0. The lowest BCUT2D eigenvalue weighted by Gasteiger charge is -2.25. The lowest BCUT2D eigenvalue weighted by molar-refractivity contribution is -0.117. The summed E-state index contributed by atoms with van der Waals surface area (Å²) >= 11 is 0. The van der Waals surface area contributed by atoms with Crippen molar-refractivity contribution in [2.24, 2.45) is 0 Å². The number of carbonyl (C=O) groups excluding carboxylic acids is 2. The van der Waals surface area contributed by atoms with Crippen molar-refractivity contribution in [1.82, 2.24) is 0 Å². The molecule has 0 radical (unpaired) electrons. The van der Waals surface area contributed by atoms with E-state index >= 15 is 0 Å². The largest absolute Gasteiger partial charge is 0.508 e. The maximum absolute atomic E-state index is 13.3. The summed E-state index contributed by atoms with van der Waals surface area (Å²) in [6.07, 6.45) is 5.30. The monoisotopic (exact) mass is 588 g/mol. The molecule has 0 saturated carbocycles. The van der Waals surface area contributed by atoms with Crippen LogP contribution in [-0.4, -0.2) is 55.3 Å². The molecular formula is C34H36O9. The predicted molar refractivity (Wildman–Crippen MR) is 160 cm³/mol. The first-order valence-electron chi connectivity index (χ1n) is 13.9. The zero-order valence-corrected chi connectivity index (χ0v) is 24.7. The van der Waals surface area contributed by atoms with Crippen molar-refractivity contribution in [3.8, 4) is 34.5 Å². The first-order chi connectivity index (χ1) is 20.7. The summed E-state index contributed by atoms with van der Waals surface area (Å²) < 4.78 is 21.2. The molecular weight excluding hydrogens is 552 g/mol. The van der Waals surface area contributed by atoms with Crippen molar-refractivity contribution in [2.45, 2.75) is 38.0 Å². The Labute approximate surface area is 250 Å². The van der Waals surface area contributed by atoms with Crippen molar-refractivity contribution >= 4 is 11.6 Å². The molecule has 0 spiro atoms. The molecule has 0 heterocycles. The highest BCUT2D eigenvalue weighted by molar-refractivity contribution is 6.19. The molecule has 0 aliphatic heterocycles. The van der Waals surface area contributed by atoms with Crippen LogP contribution in [0, 0.1) is 0 Å². The van der Waals surface area contributed by atoms with Gasteiger partial charge in [0.1, 0.15) is 11.5 Å². The number of allylic oxidation sites excluding steroid dienone is 3. The average molecular weight is 589 g/mol. The van der Waals surface area contributed by atoms with Gasteiger partial charge in [-0.15, -0.1) is 0 Å². The molecule has 3 aromatic rings. The smallest absolute Gasteiger partial charge is 0.220 e. The van der Waals surface area contributed by atoms with Crippen LogP contribution < -0.4 is 14.2 Å². The fraction of sp³-hybridized carbons (Fsp3) is 0.294. The first kappa shape index (κ1) is 31.0. The zero-order chi connectivity index (χ0) is 31.1. The summed E-state index contributed by atoms with van der Waals surface area (Å²) in [4.78, 5) is 26.1. The molecule has 9 nitrogen and oxygen atoms in total. The number of phenols is 3. The standard InChI is InChI=1S/C34H36O9/c1-40-31-18-28(37)22(7-5-6-20-9-12-26(35)32(14-20)41-2)16-25(31)23(24-17-30(39)34(43-4)19-29(24)38)11-8-21-10-13-27(36)33(15-21)42-3/h9-10,12-19,23,35-37H,5-8,11H2,1-4H3/t23-/m1/s1. The molecule has 0 fully saturated rings. The van der Waals surface area contributed by atoms with Crippen LogP contribution in [-0.2, 0) is 33.6 Å². The van der Waals surface area contributed by atoms with Crippen LogP contribution in [0.15, 0.2) is 72.0 Å². The van der Waals surface area contributed by atoms with E-state index in [9.17, 15) is 24.9 Å². The van der Waals surface area contributed by atoms with Crippen molar-refractivity contribution in [3.05, 3.63) is 94.3 Å². The van der Waals surface area contributed by atoms with Crippen molar-refractivity contribution < 1.29 is 43.9 Å². The number of carbonyl (C=O) groups is 2. The highest BCUT2D eigenvalue weighted by atomic mass is 16.5. The van der Waals surface area contributed by atoms with E-state index in [-0.39, 0.29) is 28.8 Å². The minimum atomic E-state index is -0.554. The summed E-state index contributed by atoms with van der Waals surface area (Å²) in [5.41, 5.74) is 3.46. The van der Waals surface area contributed by atoms with Crippen molar-refractivity contribution in [2.75, 3.05) is 28.4 Å². The van der Waals surface area contributed by atoms with Gasteiger partial charge >= 0.3 is 0 Å². The van der Waals surface area contributed by atoms with Gasteiger partial charge in [-0.1, -0.05) is 12.1 Å². The maximum Gasteiger partial charge on any atom is 0.220 e. The third-order valence-electron chi connectivity index (χ3n) is 7.60. The quantitative estimate of drug-likeness (QED) is 0.227. The van der Waals surface area contributed by atoms with E-state index in [4.69, 9.17) is 18.9 Å². The summed E-state index contributed by atoms with van der Waals surface area (Å²) in [5, 5.41) is 30.8. The van der Waals surface area contributed by atoms with Gasteiger partial charge in [0.25, 0.3) is 0 Å². The fourth-order valence-electron chi connectivity index (χ4n) is 5.30. The van der Waals surface area contributed by atoms with Crippen molar-refractivity contribution in [1.29, 1.82) is 0 Å². The number of aryl methyl sites for hydroxylation is 3. The molecule has 226 valence electrons. The number of phenolic OH excluding ortho intramolecular Hbond substituents is 3. The normalized spacial score (nSPS) is 13.7. The second kappa shape index (κ2) is 13.8. The van der Waals surface area contributed by atoms with Crippen LogP contribution in [0.5, 0.6) is 34.5 Å². The van der Waals surface area contributed by atoms with Crippen LogP contribution in [0.25, 0.3) is 0 Å². The summed E-state index contributed by atoms with van der Waals surface area (Å²) in [5.74, 6) is -0.0651. The molecule has 0 bridgehead atoms. The Hall–Kier alpha value is -4.92. The van der Waals surface area contributed by atoms with Gasteiger partial charge in [-0.2, -0.15) is 0 Å². The third kappa shape index (κ3) is 7.12.